The molecule has 1 unspecified atom stereocenters. The van der Waals surface area contributed by atoms with Crippen LogP contribution in [0.4, 0.5) is 0 Å². The molecule has 0 fully saturated rings. The van der Waals surface area contributed by atoms with Crippen molar-refractivity contribution in [3.05, 3.63) is 71.3 Å². The van der Waals surface area contributed by atoms with Crippen molar-refractivity contribution in [1.82, 2.24) is 0 Å². The highest BCUT2D eigenvalue weighted by Gasteiger charge is 2.01. The van der Waals surface area contributed by atoms with E-state index in [9.17, 15) is 4.79 Å². The Morgan fingerprint density at radius 1 is 1.20 bits per heavy atom. The molecule has 0 saturated carbocycles. The molecule has 2 heteroatoms. The quantitative estimate of drug-likeness (QED) is 0.213. The van der Waals surface area contributed by atoms with Crippen molar-refractivity contribution in [2.24, 2.45) is 5.92 Å². The Labute approximate surface area is 153 Å². The predicted molar refractivity (Wildman–Crippen MR) is 106 cm³/mol. The van der Waals surface area contributed by atoms with Gasteiger partial charge in [0.05, 0.1) is 0 Å². The first-order valence-corrected chi connectivity index (χ1v) is 9.22. The van der Waals surface area contributed by atoms with Crippen molar-refractivity contribution >= 4 is 5.97 Å². The monoisotopic (exact) mass is 340 g/mol. The van der Waals surface area contributed by atoms with Gasteiger partial charge < -0.3 is 4.74 Å². The van der Waals surface area contributed by atoms with Crippen molar-refractivity contribution in [2.75, 3.05) is 0 Å². The molecule has 0 spiro atoms. The standard InChI is InChI=1S/C23H32O2/c1-5-19(2)11-9-12-20(3)13-10-14-21(4)17-23(24)25-18-22-15-7-6-8-16-22/h6-8,10-11,14-17,20H,5,9,12-13,18H2,1-4H3. The second kappa shape index (κ2) is 12.3. The minimum Gasteiger partial charge on any atom is -0.458 e. The Morgan fingerprint density at radius 3 is 2.60 bits per heavy atom. The van der Waals surface area contributed by atoms with Crippen LogP contribution in [0.15, 0.2) is 65.8 Å². The molecule has 136 valence electrons. The molecule has 25 heavy (non-hydrogen) atoms. The van der Waals surface area contributed by atoms with Crippen LogP contribution in [0.2, 0.25) is 0 Å². The average molecular weight is 341 g/mol. The largest absolute Gasteiger partial charge is 0.458 e. The van der Waals surface area contributed by atoms with E-state index in [0.717, 1.165) is 30.4 Å². The van der Waals surface area contributed by atoms with Gasteiger partial charge in [0.15, 0.2) is 0 Å². The Bertz CT molecular complexity index is 594. The lowest BCUT2D eigenvalue weighted by Crippen LogP contribution is -2.01. The number of hydrogen-bond acceptors (Lipinski definition) is 2. The van der Waals surface area contributed by atoms with Crippen molar-refractivity contribution in [2.45, 2.75) is 60.0 Å². The van der Waals surface area contributed by atoms with Crippen LogP contribution in [-0.2, 0) is 16.1 Å². The summed E-state index contributed by atoms with van der Waals surface area (Å²) in [6.45, 7) is 8.90. The Morgan fingerprint density at radius 2 is 1.92 bits per heavy atom. The summed E-state index contributed by atoms with van der Waals surface area (Å²) in [6, 6.07) is 9.72. The Balaban J connectivity index is 2.30. The lowest BCUT2D eigenvalue weighted by Gasteiger charge is -2.06. The molecule has 2 nitrogen and oxygen atoms in total. The number of hydrogen-bond donors (Lipinski definition) is 0. The summed E-state index contributed by atoms with van der Waals surface area (Å²) in [5.41, 5.74) is 3.39. The van der Waals surface area contributed by atoms with Crippen molar-refractivity contribution in [1.29, 1.82) is 0 Å². The van der Waals surface area contributed by atoms with Gasteiger partial charge in [-0.15, -0.1) is 0 Å². The van der Waals surface area contributed by atoms with Gasteiger partial charge in [-0.25, -0.2) is 4.79 Å². The summed E-state index contributed by atoms with van der Waals surface area (Å²) in [5, 5.41) is 0. The average Bonchev–Trinajstić information content (AvgIpc) is 2.60. The maximum Gasteiger partial charge on any atom is 0.331 e. The highest BCUT2D eigenvalue weighted by molar-refractivity contribution is 5.83. The number of carbonyl (C=O) groups excluding carboxylic acids is 1. The molecule has 0 aliphatic rings. The number of allylic oxidation sites excluding steroid dienone is 5. The highest BCUT2D eigenvalue weighted by atomic mass is 16.5. The molecular formula is C23H32O2. The lowest BCUT2D eigenvalue weighted by molar-refractivity contribution is -0.139. The smallest absolute Gasteiger partial charge is 0.331 e. The number of ether oxygens (including phenoxy) is 1. The number of carbonyl (C=O) groups is 1. The maximum absolute atomic E-state index is 11.8. The Hall–Kier alpha value is -2.09. The molecule has 0 saturated heterocycles. The zero-order valence-electron chi connectivity index (χ0n) is 16.1. The predicted octanol–water partition coefficient (Wildman–Crippen LogP) is 6.40. The zero-order chi connectivity index (χ0) is 18.5. The molecule has 0 radical (unpaired) electrons. The van der Waals surface area contributed by atoms with Crippen LogP contribution in [0.25, 0.3) is 0 Å². The lowest BCUT2D eigenvalue weighted by atomic mass is 10.00. The number of rotatable bonds is 10. The van der Waals surface area contributed by atoms with E-state index < -0.39 is 0 Å². The van der Waals surface area contributed by atoms with Crippen LogP contribution >= 0.6 is 0 Å². The molecule has 0 aliphatic carbocycles. The summed E-state index contributed by atoms with van der Waals surface area (Å²) in [6.07, 6.45) is 12.6. The molecule has 1 aromatic rings. The van der Waals surface area contributed by atoms with Crippen LogP contribution in [0.5, 0.6) is 0 Å². The van der Waals surface area contributed by atoms with Gasteiger partial charge >= 0.3 is 5.97 Å². The highest BCUT2D eigenvalue weighted by Crippen LogP contribution is 2.14. The topological polar surface area (TPSA) is 26.3 Å². The molecule has 0 bridgehead atoms. The van der Waals surface area contributed by atoms with Crippen LogP contribution in [0, 0.1) is 5.92 Å². The fourth-order valence-corrected chi connectivity index (χ4v) is 2.37. The van der Waals surface area contributed by atoms with E-state index in [1.807, 2.05) is 43.3 Å². The zero-order valence-corrected chi connectivity index (χ0v) is 16.1. The summed E-state index contributed by atoms with van der Waals surface area (Å²) < 4.78 is 5.26. The van der Waals surface area contributed by atoms with Gasteiger partial charge in [-0.2, -0.15) is 0 Å². The van der Waals surface area contributed by atoms with Crippen molar-refractivity contribution in [3.8, 4) is 0 Å². The first-order chi connectivity index (χ1) is 12.0. The first-order valence-electron chi connectivity index (χ1n) is 9.22. The SMILES string of the molecule is CCC(C)=CCCC(C)CC=CC(C)=CC(=O)OCc1ccccc1. The fourth-order valence-electron chi connectivity index (χ4n) is 2.37. The fraction of sp³-hybridized carbons (Fsp3) is 0.435. The number of esters is 1. The van der Waals surface area contributed by atoms with E-state index in [0.29, 0.717) is 12.5 Å². The van der Waals surface area contributed by atoms with E-state index in [1.54, 1.807) is 6.08 Å². The summed E-state index contributed by atoms with van der Waals surface area (Å²) in [4.78, 5) is 11.8. The minimum absolute atomic E-state index is 0.292. The van der Waals surface area contributed by atoms with E-state index in [4.69, 9.17) is 4.74 Å². The normalized spacial score (nSPS) is 13.9. The van der Waals surface area contributed by atoms with Gasteiger partial charge in [0.25, 0.3) is 0 Å². The van der Waals surface area contributed by atoms with E-state index >= 15 is 0 Å². The third-order valence-corrected chi connectivity index (χ3v) is 4.20. The van der Waals surface area contributed by atoms with Gasteiger partial charge in [0.1, 0.15) is 6.61 Å². The van der Waals surface area contributed by atoms with Crippen LogP contribution in [-0.4, -0.2) is 5.97 Å². The van der Waals surface area contributed by atoms with Crippen LogP contribution < -0.4 is 0 Å². The molecule has 1 aromatic carbocycles. The van der Waals surface area contributed by atoms with Gasteiger partial charge in [0, 0.05) is 6.08 Å². The molecular weight excluding hydrogens is 308 g/mol. The molecule has 0 N–H and O–H groups in total. The molecule has 0 heterocycles. The van der Waals surface area contributed by atoms with Gasteiger partial charge in [-0.05, 0) is 56.6 Å². The second-order valence-corrected chi connectivity index (χ2v) is 6.71. The second-order valence-electron chi connectivity index (χ2n) is 6.71. The van der Waals surface area contributed by atoms with Gasteiger partial charge in [0.2, 0.25) is 0 Å². The van der Waals surface area contributed by atoms with Crippen LogP contribution in [0.3, 0.4) is 0 Å². The van der Waals surface area contributed by atoms with Gasteiger partial charge in [-0.3, -0.25) is 0 Å². The van der Waals surface area contributed by atoms with E-state index in [2.05, 4.69) is 32.9 Å². The molecule has 0 amide bonds. The maximum atomic E-state index is 11.8. The summed E-state index contributed by atoms with van der Waals surface area (Å²) in [7, 11) is 0. The number of benzene rings is 1. The minimum atomic E-state index is -0.292. The third kappa shape index (κ3) is 10.4. The third-order valence-electron chi connectivity index (χ3n) is 4.20. The van der Waals surface area contributed by atoms with Crippen molar-refractivity contribution < 1.29 is 9.53 Å². The first kappa shape index (κ1) is 21.0. The summed E-state index contributed by atoms with van der Waals surface area (Å²) >= 11 is 0. The summed E-state index contributed by atoms with van der Waals surface area (Å²) in [5.74, 6) is 0.356. The molecule has 0 aromatic heterocycles. The van der Waals surface area contributed by atoms with Crippen molar-refractivity contribution in [3.63, 3.8) is 0 Å². The molecule has 1 rings (SSSR count). The van der Waals surface area contributed by atoms with Gasteiger partial charge in [-0.1, -0.05) is 68.0 Å². The van der Waals surface area contributed by atoms with Crippen LogP contribution in [0.1, 0.15) is 58.9 Å². The molecule has 0 aliphatic heterocycles. The van der Waals surface area contributed by atoms with E-state index in [-0.39, 0.29) is 5.97 Å². The molecule has 1 atom stereocenters. The van der Waals surface area contributed by atoms with E-state index in [1.165, 1.54) is 12.0 Å². The Kier molecular flexibility index (Phi) is 10.3.